The quantitative estimate of drug-likeness (QED) is 0.244. The van der Waals surface area contributed by atoms with Gasteiger partial charge < -0.3 is 0 Å². The second-order valence-electron chi connectivity index (χ2n) is 11.8. The van der Waals surface area contributed by atoms with Crippen molar-refractivity contribution in [2.75, 3.05) is 0 Å². The number of allylic oxidation sites excluding steroid dienone is 2. The fourth-order valence-corrected chi connectivity index (χ4v) is 42.1. The maximum atomic E-state index is 8.01. The van der Waals surface area contributed by atoms with Crippen LogP contribution in [-0.2, 0) is 0 Å². The van der Waals surface area contributed by atoms with E-state index in [1.807, 2.05) is 5.47 Å². The van der Waals surface area contributed by atoms with Gasteiger partial charge in [0.1, 0.15) is 0 Å². The Morgan fingerprint density at radius 1 is 0.848 bits per heavy atom. The van der Waals surface area contributed by atoms with Gasteiger partial charge in [0.25, 0.3) is 0 Å². The molecule has 3 aliphatic rings. The second kappa shape index (κ2) is 9.05. The van der Waals surface area contributed by atoms with Crippen molar-refractivity contribution in [3.63, 3.8) is 0 Å². The Kier molecular flexibility index (Phi) is 6.73. The van der Waals surface area contributed by atoms with Gasteiger partial charge in [-0.1, -0.05) is 0 Å². The van der Waals surface area contributed by atoms with Gasteiger partial charge in [0.15, 0.2) is 0 Å². The standard InChI is InChI=1S/C25H28BCl2Si.3CH3.Sn/c1-18-23(19-10-4-2-5-11-19)25(29(27,28)22-16-6-3-7-17-22)26-21-14-8-12-20(24(18)26)13-9-15-21;;;;/h2-7,10-11,16-17,20-21,23H,8-9,12-15H2,1H3;3*1H3;. The van der Waals surface area contributed by atoms with E-state index in [0.717, 1.165) is 11.7 Å². The topological polar surface area (TPSA) is 0 Å². The summed E-state index contributed by atoms with van der Waals surface area (Å²) in [5, 5.41) is 1.23. The molecule has 5 rings (SSSR count). The second-order valence-corrected chi connectivity index (χ2v) is 35.0. The Balaban J connectivity index is 1.87. The maximum absolute atomic E-state index is 8.01. The zero-order valence-corrected chi connectivity index (χ0v) is 25.9. The van der Waals surface area contributed by atoms with Crippen LogP contribution < -0.4 is 5.19 Å². The molecule has 2 unspecified atom stereocenters. The summed E-state index contributed by atoms with van der Waals surface area (Å²) in [4.78, 5) is 7.93. The number of rotatable bonds is 4. The van der Waals surface area contributed by atoms with Crippen LogP contribution in [0.2, 0.25) is 23.6 Å². The van der Waals surface area contributed by atoms with Crippen LogP contribution in [0.15, 0.2) is 71.7 Å². The van der Waals surface area contributed by atoms with Crippen molar-refractivity contribution in [3.8, 4) is 0 Å². The monoisotopic (exact) mass is 602 g/mol. The molecule has 2 aromatic rings. The van der Waals surface area contributed by atoms with E-state index in [0.29, 0.717) is 12.6 Å². The molecular weight excluding hydrogens is 565 g/mol. The van der Waals surface area contributed by atoms with E-state index in [-0.39, 0.29) is 2.95 Å². The van der Waals surface area contributed by atoms with Gasteiger partial charge in [0, 0.05) is 0 Å². The molecule has 2 saturated heterocycles. The van der Waals surface area contributed by atoms with Gasteiger partial charge in [-0.3, -0.25) is 0 Å². The minimum atomic E-state index is -2.91. The Hall–Kier alpha value is -0.159. The summed E-state index contributed by atoms with van der Waals surface area (Å²) in [6, 6.07) is 22.2. The van der Waals surface area contributed by atoms with Crippen LogP contribution in [0.3, 0.4) is 0 Å². The molecule has 0 amide bonds. The van der Waals surface area contributed by atoms with Crippen molar-refractivity contribution in [2.24, 2.45) is 5.92 Å². The average Bonchev–Trinajstić information content (AvgIpc) is 2.88. The SMILES string of the molecule is CC1=C2B(C3CCCC2CCC3)[C]([Si](Cl)(Cl)c2ccccc2)([Sn]([CH3])([CH3])[CH3])C1c1ccccc1. The van der Waals surface area contributed by atoms with E-state index >= 15 is 0 Å². The Morgan fingerprint density at radius 3 is 1.94 bits per heavy atom. The summed E-state index contributed by atoms with van der Waals surface area (Å²) in [6.07, 6.45) is 8.19. The first-order chi connectivity index (χ1) is 15.7. The van der Waals surface area contributed by atoms with Gasteiger partial charge in [-0.05, 0) is 0 Å². The van der Waals surface area contributed by atoms with Gasteiger partial charge in [0.05, 0.1) is 0 Å². The van der Waals surface area contributed by atoms with E-state index in [2.05, 4.69) is 82.4 Å². The van der Waals surface area contributed by atoms with Crippen LogP contribution in [0.5, 0.6) is 0 Å². The van der Waals surface area contributed by atoms with E-state index in [1.54, 1.807) is 5.57 Å². The molecule has 2 aromatic carbocycles. The fourth-order valence-electron chi connectivity index (χ4n) is 8.36. The van der Waals surface area contributed by atoms with E-state index in [9.17, 15) is 0 Å². The first-order valence-corrected chi connectivity index (χ1v) is 26.9. The first kappa shape index (κ1) is 24.5. The number of hydrogen-bond acceptors (Lipinski definition) is 0. The third-order valence-corrected chi connectivity index (χ3v) is 35.0. The van der Waals surface area contributed by atoms with Crippen LogP contribution in [0.25, 0.3) is 0 Å². The molecule has 33 heavy (non-hydrogen) atoms. The molecule has 2 bridgehead atoms. The van der Waals surface area contributed by atoms with Crippen molar-refractivity contribution < 1.29 is 0 Å². The molecule has 3 aliphatic heterocycles. The Morgan fingerprint density at radius 2 is 1.39 bits per heavy atom. The molecule has 174 valence electrons. The molecule has 2 atom stereocenters. The van der Waals surface area contributed by atoms with Crippen molar-refractivity contribution in [3.05, 3.63) is 77.3 Å². The predicted molar refractivity (Wildman–Crippen MR) is 152 cm³/mol. The summed E-state index contributed by atoms with van der Waals surface area (Å²) in [5.41, 5.74) is 4.91. The average molecular weight is 602 g/mol. The van der Waals surface area contributed by atoms with Gasteiger partial charge in [0.2, 0.25) is 0 Å². The normalized spacial score (nSPS) is 30.2. The molecule has 3 heterocycles. The summed E-state index contributed by atoms with van der Waals surface area (Å²) in [7, 11) is 0. The van der Waals surface area contributed by atoms with Gasteiger partial charge in [-0.2, -0.15) is 0 Å². The van der Waals surface area contributed by atoms with E-state index in [4.69, 9.17) is 22.2 Å². The van der Waals surface area contributed by atoms with Crippen LogP contribution in [-0.4, -0.2) is 31.8 Å². The predicted octanol–water partition coefficient (Wildman–Crippen LogP) is 8.47. The first-order valence-electron chi connectivity index (χ1n) is 12.9. The molecule has 0 nitrogen and oxygen atoms in total. The van der Waals surface area contributed by atoms with E-state index < -0.39 is 25.1 Å². The molecular formula is C28H37BCl2SiSn. The van der Waals surface area contributed by atoms with Crippen LogP contribution in [0.4, 0.5) is 0 Å². The molecule has 0 radical (unpaired) electrons. The third-order valence-electron chi connectivity index (χ3n) is 9.37. The van der Waals surface area contributed by atoms with Crippen molar-refractivity contribution in [2.45, 2.75) is 75.0 Å². The van der Waals surface area contributed by atoms with Crippen molar-refractivity contribution in [1.82, 2.24) is 0 Å². The zero-order valence-electron chi connectivity index (χ0n) is 20.6. The molecule has 0 spiro atoms. The summed E-state index contributed by atoms with van der Waals surface area (Å²) < 4.78 is 0.00448. The van der Waals surface area contributed by atoms with E-state index in [1.165, 1.54) is 49.3 Å². The molecule has 0 aromatic heterocycles. The molecule has 2 fully saturated rings. The summed E-state index contributed by atoms with van der Waals surface area (Å²) in [5.74, 6) is 1.83. The van der Waals surface area contributed by atoms with Gasteiger partial charge in [-0.25, -0.2) is 0 Å². The van der Waals surface area contributed by atoms with Crippen molar-refractivity contribution >= 4 is 59.1 Å². The van der Waals surface area contributed by atoms with Gasteiger partial charge >= 0.3 is 217 Å². The van der Waals surface area contributed by atoms with Crippen LogP contribution in [0.1, 0.15) is 56.9 Å². The van der Waals surface area contributed by atoms with Crippen LogP contribution in [0, 0.1) is 5.92 Å². The summed E-state index contributed by atoms with van der Waals surface area (Å²) in [6.45, 7) is 0.127. The minimum absolute atomic E-state index is 0.00448. The number of halogens is 2. The summed E-state index contributed by atoms with van der Waals surface area (Å²) >= 11 is 13.2. The fraction of sp³-hybridized carbons (Fsp3) is 0.500. The number of hydrogen-bond donors (Lipinski definition) is 0. The van der Waals surface area contributed by atoms with Crippen molar-refractivity contribution in [1.29, 1.82) is 0 Å². The molecule has 0 N–H and O–H groups in total. The number of benzene rings is 2. The third kappa shape index (κ3) is 3.67. The Bertz CT molecular complexity index is 1020. The molecule has 0 aliphatic carbocycles. The van der Waals surface area contributed by atoms with Gasteiger partial charge in [-0.15, -0.1) is 0 Å². The molecule has 0 saturated carbocycles. The zero-order chi connectivity index (χ0) is 23.4. The van der Waals surface area contributed by atoms with Crippen LogP contribution >= 0.6 is 22.2 Å². The molecule has 5 heteroatoms. The Labute approximate surface area is 215 Å².